The second kappa shape index (κ2) is 4.65. The van der Waals surface area contributed by atoms with Crippen LogP contribution < -0.4 is 11.1 Å². The van der Waals surface area contributed by atoms with E-state index in [0.717, 1.165) is 29.0 Å². The van der Waals surface area contributed by atoms with Gasteiger partial charge in [-0.1, -0.05) is 18.2 Å². The van der Waals surface area contributed by atoms with Gasteiger partial charge in [-0.05, 0) is 29.8 Å². The second-order valence-electron chi connectivity index (χ2n) is 4.62. The summed E-state index contributed by atoms with van der Waals surface area (Å²) in [7, 11) is 2.00. The summed E-state index contributed by atoms with van der Waals surface area (Å²) in [6.45, 7) is 0.737. The summed E-state index contributed by atoms with van der Waals surface area (Å²) in [6, 6.07) is 14.1. The maximum absolute atomic E-state index is 5.90. The van der Waals surface area contributed by atoms with Gasteiger partial charge < -0.3 is 15.6 Å². The Morgan fingerprint density at radius 3 is 2.89 bits per heavy atom. The monoisotopic (exact) mass is 252 g/mol. The number of aryl methyl sites for hydroxylation is 1. The van der Waals surface area contributed by atoms with Crippen LogP contribution in [-0.4, -0.2) is 9.55 Å². The fourth-order valence-electron chi connectivity index (χ4n) is 2.15. The number of nitrogens with one attached hydrogen (secondary N) is 1. The summed E-state index contributed by atoms with van der Waals surface area (Å²) in [5.41, 5.74) is 11.0. The van der Waals surface area contributed by atoms with Gasteiger partial charge in [0.15, 0.2) is 0 Å². The molecule has 1 aromatic heterocycles. The molecule has 3 aromatic rings. The van der Waals surface area contributed by atoms with E-state index in [1.807, 2.05) is 42.2 Å². The number of imidazole rings is 1. The van der Waals surface area contributed by atoms with Gasteiger partial charge in [-0.2, -0.15) is 0 Å². The summed E-state index contributed by atoms with van der Waals surface area (Å²) >= 11 is 0. The summed E-state index contributed by atoms with van der Waals surface area (Å²) in [6.07, 6.45) is 1.83. The molecule has 0 radical (unpaired) electrons. The first-order chi connectivity index (χ1) is 9.24. The molecule has 4 nitrogen and oxygen atoms in total. The van der Waals surface area contributed by atoms with E-state index in [0.29, 0.717) is 0 Å². The average Bonchev–Trinajstić information content (AvgIpc) is 2.79. The highest BCUT2D eigenvalue weighted by Crippen LogP contribution is 2.19. The van der Waals surface area contributed by atoms with Crippen LogP contribution in [0.4, 0.5) is 11.4 Å². The van der Waals surface area contributed by atoms with Gasteiger partial charge in [0.25, 0.3) is 0 Å². The number of hydrogen-bond donors (Lipinski definition) is 2. The Balaban J connectivity index is 1.80. The first kappa shape index (κ1) is 11.6. The highest BCUT2D eigenvalue weighted by atomic mass is 15.0. The van der Waals surface area contributed by atoms with Crippen molar-refractivity contribution in [2.75, 3.05) is 11.1 Å². The summed E-state index contributed by atoms with van der Waals surface area (Å²) in [5, 5.41) is 3.34. The molecule has 0 aliphatic rings. The topological polar surface area (TPSA) is 55.9 Å². The number of nitrogens with two attached hydrogens (primary N) is 1. The number of rotatable bonds is 3. The van der Waals surface area contributed by atoms with E-state index < -0.39 is 0 Å². The largest absolute Gasteiger partial charge is 0.397 e. The zero-order chi connectivity index (χ0) is 13.2. The van der Waals surface area contributed by atoms with Crippen LogP contribution in [0.15, 0.2) is 48.8 Å². The summed E-state index contributed by atoms with van der Waals surface area (Å²) in [4.78, 5) is 4.36. The number of anilines is 2. The number of hydrogen-bond acceptors (Lipinski definition) is 3. The molecular formula is C15H16N4. The van der Waals surface area contributed by atoms with E-state index in [9.17, 15) is 0 Å². The van der Waals surface area contributed by atoms with Crippen LogP contribution in [0, 0.1) is 0 Å². The molecule has 2 aromatic carbocycles. The third-order valence-electron chi connectivity index (χ3n) is 3.23. The van der Waals surface area contributed by atoms with Gasteiger partial charge in [0.2, 0.25) is 0 Å². The van der Waals surface area contributed by atoms with E-state index in [2.05, 4.69) is 28.5 Å². The van der Waals surface area contributed by atoms with Crippen molar-refractivity contribution in [2.45, 2.75) is 6.54 Å². The lowest BCUT2D eigenvalue weighted by Crippen LogP contribution is -2.02. The molecule has 3 rings (SSSR count). The summed E-state index contributed by atoms with van der Waals surface area (Å²) in [5.74, 6) is 0. The Hall–Kier alpha value is -2.49. The minimum absolute atomic E-state index is 0.737. The third kappa shape index (κ3) is 2.25. The quantitative estimate of drug-likeness (QED) is 0.705. The number of para-hydroxylation sites is 2. The zero-order valence-electron chi connectivity index (χ0n) is 10.8. The molecule has 1 heterocycles. The smallest absolute Gasteiger partial charge is 0.0955 e. The van der Waals surface area contributed by atoms with Gasteiger partial charge in [0.1, 0.15) is 0 Å². The predicted molar refractivity (Wildman–Crippen MR) is 78.9 cm³/mol. The molecular weight excluding hydrogens is 236 g/mol. The predicted octanol–water partition coefficient (Wildman–Crippen LogP) is 2.77. The van der Waals surface area contributed by atoms with Crippen LogP contribution in [0.1, 0.15) is 5.56 Å². The first-order valence-corrected chi connectivity index (χ1v) is 6.22. The SMILES string of the molecule is Cn1cnc2cc(CNc3ccccc3N)ccc21. The van der Waals surface area contributed by atoms with Crippen LogP contribution in [0.3, 0.4) is 0 Å². The lowest BCUT2D eigenvalue weighted by molar-refractivity contribution is 0.947. The number of benzene rings is 2. The normalized spacial score (nSPS) is 10.8. The van der Waals surface area contributed by atoms with Crippen molar-refractivity contribution in [2.24, 2.45) is 7.05 Å². The number of nitrogen functional groups attached to an aromatic ring is 1. The van der Waals surface area contributed by atoms with Crippen molar-refractivity contribution < 1.29 is 0 Å². The second-order valence-corrected chi connectivity index (χ2v) is 4.62. The molecule has 0 saturated heterocycles. The van der Waals surface area contributed by atoms with E-state index >= 15 is 0 Å². The molecule has 0 bridgehead atoms. The van der Waals surface area contributed by atoms with Crippen molar-refractivity contribution in [3.63, 3.8) is 0 Å². The van der Waals surface area contributed by atoms with Gasteiger partial charge in [0, 0.05) is 13.6 Å². The van der Waals surface area contributed by atoms with Gasteiger partial charge in [-0.25, -0.2) is 4.98 Å². The van der Waals surface area contributed by atoms with E-state index in [1.165, 1.54) is 5.56 Å². The Morgan fingerprint density at radius 2 is 2.05 bits per heavy atom. The lowest BCUT2D eigenvalue weighted by atomic mass is 10.2. The highest BCUT2D eigenvalue weighted by molar-refractivity contribution is 5.76. The van der Waals surface area contributed by atoms with E-state index in [4.69, 9.17) is 5.73 Å². The third-order valence-corrected chi connectivity index (χ3v) is 3.23. The lowest BCUT2D eigenvalue weighted by Gasteiger charge is -2.09. The zero-order valence-corrected chi connectivity index (χ0v) is 10.8. The van der Waals surface area contributed by atoms with Crippen molar-refractivity contribution in [3.05, 3.63) is 54.4 Å². The minimum Gasteiger partial charge on any atom is -0.397 e. The van der Waals surface area contributed by atoms with Crippen LogP contribution in [-0.2, 0) is 13.6 Å². The molecule has 0 amide bonds. The number of nitrogens with zero attached hydrogens (tertiary/aromatic N) is 2. The molecule has 0 spiro atoms. The van der Waals surface area contributed by atoms with Gasteiger partial charge in [0.05, 0.1) is 28.7 Å². The molecule has 0 fully saturated rings. The Bertz CT molecular complexity index is 715. The maximum Gasteiger partial charge on any atom is 0.0955 e. The van der Waals surface area contributed by atoms with Crippen molar-refractivity contribution in [1.82, 2.24) is 9.55 Å². The van der Waals surface area contributed by atoms with Gasteiger partial charge in [-0.15, -0.1) is 0 Å². The number of fused-ring (bicyclic) bond motifs is 1. The summed E-state index contributed by atoms with van der Waals surface area (Å²) < 4.78 is 2.02. The molecule has 0 atom stereocenters. The molecule has 4 heteroatoms. The minimum atomic E-state index is 0.737. The van der Waals surface area contributed by atoms with Crippen molar-refractivity contribution in [1.29, 1.82) is 0 Å². The standard InChI is InChI=1S/C15H16N4/c1-19-10-18-14-8-11(6-7-15(14)19)9-17-13-5-3-2-4-12(13)16/h2-8,10,17H,9,16H2,1H3. The van der Waals surface area contributed by atoms with Crippen LogP contribution in [0.2, 0.25) is 0 Å². The van der Waals surface area contributed by atoms with Crippen molar-refractivity contribution >= 4 is 22.4 Å². The van der Waals surface area contributed by atoms with Crippen molar-refractivity contribution in [3.8, 4) is 0 Å². The molecule has 19 heavy (non-hydrogen) atoms. The van der Waals surface area contributed by atoms with Gasteiger partial charge >= 0.3 is 0 Å². The van der Waals surface area contributed by atoms with E-state index in [-0.39, 0.29) is 0 Å². The average molecular weight is 252 g/mol. The highest BCUT2D eigenvalue weighted by Gasteiger charge is 2.02. The molecule has 0 saturated carbocycles. The number of aromatic nitrogens is 2. The molecule has 96 valence electrons. The van der Waals surface area contributed by atoms with Gasteiger partial charge in [-0.3, -0.25) is 0 Å². The Morgan fingerprint density at radius 1 is 1.21 bits per heavy atom. The molecule has 0 aliphatic carbocycles. The maximum atomic E-state index is 5.90. The fourth-order valence-corrected chi connectivity index (χ4v) is 2.15. The fraction of sp³-hybridized carbons (Fsp3) is 0.133. The molecule has 3 N–H and O–H groups in total. The molecule has 0 aliphatic heterocycles. The first-order valence-electron chi connectivity index (χ1n) is 6.22. The van der Waals surface area contributed by atoms with Crippen LogP contribution in [0.5, 0.6) is 0 Å². The van der Waals surface area contributed by atoms with E-state index in [1.54, 1.807) is 0 Å². The Labute approximate surface area is 111 Å². The Kier molecular flexibility index (Phi) is 2.83. The van der Waals surface area contributed by atoms with Crippen LogP contribution in [0.25, 0.3) is 11.0 Å². The molecule has 0 unspecified atom stereocenters. The van der Waals surface area contributed by atoms with Crippen LogP contribution >= 0.6 is 0 Å².